The molecular formula is C16H11IN2O2. The molecule has 2 N–H and O–H groups in total. The number of hydrogen-bond donors (Lipinski definition) is 2. The number of carbonyl (C=O) groups is 1. The fourth-order valence-corrected chi connectivity index (χ4v) is 2.41. The third-order valence-corrected chi connectivity index (χ3v) is 3.82. The summed E-state index contributed by atoms with van der Waals surface area (Å²) in [5, 5.41) is 3.55. The second-order valence-corrected chi connectivity index (χ2v) is 5.81. The minimum absolute atomic E-state index is 0.104. The zero-order chi connectivity index (χ0) is 14.8. The highest BCUT2D eigenvalue weighted by Gasteiger charge is 2.11. The average Bonchev–Trinajstić information content (AvgIpc) is 2.49. The van der Waals surface area contributed by atoms with Crippen LogP contribution in [0.2, 0.25) is 0 Å². The lowest BCUT2D eigenvalue weighted by atomic mass is 10.1. The van der Waals surface area contributed by atoms with E-state index in [1.54, 1.807) is 24.3 Å². The second kappa shape index (κ2) is 5.69. The van der Waals surface area contributed by atoms with Crippen molar-refractivity contribution in [2.75, 3.05) is 5.32 Å². The van der Waals surface area contributed by atoms with Crippen LogP contribution in [0.1, 0.15) is 10.4 Å². The lowest BCUT2D eigenvalue weighted by Gasteiger charge is -2.06. The molecular weight excluding hydrogens is 379 g/mol. The molecule has 104 valence electrons. The predicted molar refractivity (Wildman–Crippen MR) is 91.7 cm³/mol. The first-order valence-electron chi connectivity index (χ1n) is 6.32. The second-order valence-electron chi connectivity index (χ2n) is 4.56. The van der Waals surface area contributed by atoms with Gasteiger partial charge in [0.1, 0.15) is 5.56 Å². The summed E-state index contributed by atoms with van der Waals surface area (Å²) in [6.07, 6.45) is 0. The van der Waals surface area contributed by atoms with Gasteiger partial charge in [-0.25, -0.2) is 0 Å². The number of fused-ring (bicyclic) bond motifs is 1. The molecule has 1 amide bonds. The number of nitrogens with one attached hydrogen (secondary N) is 2. The van der Waals surface area contributed by atoms with Crippen molar-refractivity contribution in [1.82, 2.24) is 4.98 Å². The standard InChI is InChI=1S/C16H11IN2O2/c17-11-5-7-12(8-6-11)18-15(20)13-9-10-3-1-2-4-14(10)19-16(13)21/h1-9H,(H,18,20)(H,19,21). The Morgan fingerprint density at radius 1 is 1.05 bits per heavy atom. The van der Waals surface area contributed by atoms with Crippen LogP contribution in [-0.2, 0) is 0 Å². The Morgan fingerprint density at radius 2 is 1.76 bits per heavy atom. The molecule has 0 spiro atoms. The quantitative estimate of drug-likeness (QED) is 0.660. The molecule has 0 fully saturated rings. The average molecular weight is 390 g/mol. The van der Waals surface area contributed by atoms with Gasteiger partial charge in [-0.2, -0.15) is 0 Å². The molecule has 0 radical (unpaired) electrons. The molecule has 0 bridgehead atoms. The first-order chi connectivity index (χ1) is 10.1. The van der Waals surface area contributed by atoms with E-state index in [4.69, 9.17) is 0 Å². The number of rotatable bonds is 2. The highest BCUT2D eigenvalue weighted by molar-refractivity contribution is 14.1. The number of para-hydroxylation sites is 1. The molecule has 0 aliphatic rings. The highest BCUT2D eigenvalue weighted by Crippen LogP contribution is 2.14. The maximum Gasteiger partial charge on any atom is 0.261 e. The predicted octanol–water partition coefficient (Wildman–Crippen LogP) is 3.39. The topological polar surface area (TPSA) is 62.0 Å². The highest BCUT2D eigenvalue weighted by atomic mass is 127. The molecule has 0 saturated heterocycles. The fraction of sp³-hybridized carbons (Fsp3) is 0. The van der Waals surface area contributed by atoms with Crippen LogP contribution in [0.4, 0.5) is 5.69 Å². The lowest BCUT2D eigenvalue weighted by Crippen LogP contribution is -2.22. The summed E-state index contributed by atoms with van der Waals surface area (Å²) in [6, 6.07) is 16.3. The van der Waals surface area contributed by atoms with Crippen LogP contribution in [0, 0.1) is 3.57 Å². The van der Waals surface area contributed by atoms with Crippen molar-refractivity contribution in [3.63, 3.8) is 0 Å². The van der Waals surface area contributed by atoms with E-state index in [0.717, 1.165) is 8.96 Å². The van der Waals surface area contributed by atoms with Gasteiger partial charge in [-0.05, 0) is 64.4 Å². The third kappa shape index (κ3) is 2.97. The molecule has 0 saturated carbocycles. The molecule has 0 aliphatic carbocycles. The molecule has 4 nitrogen and oxygen atoms in total. The zero-order valence-corrected chi connectivity index (χ0v) is 13.0. The Balaban J connectivity index is 1.95. The summed E-state index contributed by atoms with van der Waals surface area (Å²) >= 11 is 2.19. The molecule has 2 aromatic carbocycles. The Morgan fingerprint density at radius 3 is 2.52 bits per heavy atom. The fourth-order valence-electron chi connectivity index (χ4n) is 2.05. The molecule has 0 atom stereocenters. The third-order valence-electron chi connectivity index (χ3n) is 3.10. The first kappa shape index (κ1) is 13.8. The van der Waals surface area contributed by atoms with Crippen molar-refractivity contribution in [2.45, 2.75) is 0 Å². The monoisotopic (exact) mass is 390 g/mol. The van der Waals surface area contributed by atoms with Crippen LogP contribution in [0.5, 0.6) is 0 Å². The van der Waals surface area contributed by atoms with Crippen molar-refractivity contribution < 1.29 is 4.79 Å². The first-order valence-corrected chi connectivity index (χ1v) is 7.40. The lowest BCUT2D eigenvalue weighted by molar-refractivity contribution is 0.102. The number of halogens is 1. The van der Waals surface area contributed by atoms with Gasteiger partial charge in [0.2, 0.25) is 0 Å². The molecule has 1 aromatic heterocycles. The van der Waals surface area contributed by atoms with E-state index in [1.165, 1.54) is 0 Å². The van der Waals surface area contributed by atoms with E-state index in [9.17, 15) is 9.59 Å². The van der Waals surface area contributed by atoms with Gasteiger partial charge in [-0.3, -0.25) is 9.59 Å². The SMILES string of the molecule is O=C(Nc1ccc(I)cc1)c1cc2ccccc2[nH]c1=O. The molecule has 3 rings (SSSR count). The summed E-state index contributed by atoms with van der Waals surface area (Å²) in [5.74, 6) is -0.414. The van der Waals surface area contributed by atoms with Crippen LogP contribution in [0.25, 0.3) is 10.9 Å². The number of aromatic amines is 1. The van der Waals surface area contributed by atoms with Gasteiger partial charge in [0.15, 0.2) is 0 Å². The van der Waals surface area contributed by atoms with Crippen molar-refractivity contribution in [1.29, 1.82) is 0 Å². The van der Waals surface area contributed by atoms with Crippen molar-refractivity contribution in [3.05, 3.63) is 74.1 Å². The molecule has 5 heteroatoms. The Bertz CT molecular complexity index is 869. The van der Waals surface area contributed by atoms with Crippen LogP contribution in [0.3, 0.4) is 0 Å². The van der Waals surface area contributed by atoms with Gasteiger partial charge in [0.05, 0.1) is 0 Å². The van der Waals surface area contributed by atoms with Crippen LogP contribution < -0.4 is 10.9 Å². The van der Waals surface area contributed by atoms with Gasteiger partial charge in [0, 0.05) is 14.8 Å². The number of hydrogen-bond acceptors (Lipinski definition) is 2. The smallest absolute Gasteiger partial charge is 0.261 e. The van der Waals surface area contributed by atoms with Crippen LogP contribution >= 0.6 is 22.6 Å². The summed E-state index contributed by atoms with van der Waals surface area (Å²) in [5.41, 5.74) is 1.09. The van der Waals surface area contributed by atoms with Crippen LogP contribution in [0.15, 0.2) is 59.4 Å². The largest absolute Gasteiger partial charge is 0.322 e. The van der Waals surface area contributed by atoms with Gasteiger partial charge in [-0.15, -0.1) is 0 Å². The maximum atomic E-state index is 12.2. The summed E-state index contributed by atoms with van der Waals surface area (Å²) in [6.45, 7) is 0. The number of H-pyrrole nitrogens is 1. The Hall–Kier alpha value is -2.15. The van der Waals surface area contributed by atoms with E-state index in [0.29, 0.717) is 11.2 Å². The molecule has 21 heavy (non-hydrogen) atoms. The number of benzene rings is 2. The molecule has 3 aromatic rings. The Labute approximate surface area is 134 Å². The van der Waals surface area contributed by atoms with Gasteiger partial charge in [0.25, 0.3) is 11.5 Å². The molecule has 0 aliphatic heterocycles. The number of amides is 1. The summed E-state index contributed by atoms with van der Waals surface area (Å²) < 4.78 is 1.08. The van der Waals surface area contributed by atoms with E-state index in [-0.39, 0.29) is 5.56 Å². The molecule has 1 heterocycles. The van der Waals surface area contributed by atoms with Crippen LogP contribution in [-0.4, -0.2) is 10.9 Å². The number of pyridine rings is 1. The number of anilines is 1. The van der Waals surface area contributed by atoms with Crippen molar-refractivity contribution in [2.24, 2.45) is 0 Å². The Kier molecular flexibility index (Phi) is 3.74. The minimum atomic E-state index is -0.414. The zero-order valence-electron chi connectivity index (χ0n) is 10.9. The normalized spacial score (nSPS) is 10.5. The van der Waals surface area contributed by atoms with E-state index >= 15 is 0 Å². The minimum Gasteiger partial charge on any atom is -0.322 e. The van der Waals surface area contributed by atoms with Crippen molar-refractivity contribution >= 4 is 45.1 Å². The van der Waals surface area contributed by atoms with Gasteiger partial charge in [-0.1, -0.05) is 18.2 Å². The maximum absolute atomic E-state index is 12.2. The van der Waals surface area contributed by atoms with Crippen molar-refractivity contribution in [3.8, 4) is 0 Å². The summed E-state index contributed by atoms with van der Waals surface area (Å²) in [7, 11) is 0. The van der Waals surface area contributed by atoms with Gasteiger partial charge >= 0.3 is 0 Å². The van der Waals surface area contributed by atoms with Gasteiger partial charge < -0.3 is 10.3 Å². The summed E-state index contributed by atoms with van der Waals surface area (Å²) in [4.78, 5) is 26.9. The van der Waals surface area contributed by atoms with E-state index in [2.05, 4.69) is 32.9 Å². The number of carbonyl (C=O) groups excluding carboxylic acids is 1. The molecule has 0 unspecified atom stereocenters. The number of aromatic nitrogens is 1. The van der Waals surface area contributed by atoms with E-state index < -0.39 is 11.5 Å². The van der Waals surface area contributed by atoms with E-state index in [1.807, 2.05) is 30.3 Å².